The van der Waals surface area contributed by atoms with Crippen LogP contribution in [0.2, 0.25) is 10.0 Å². The predicted octanol–water partition coefficient (Wildman–Crippen LogP) is 6.20. The molecule has 0 aliphatic rings. The van der Waals surface area contributed by atoms with E-state index >= 15 is 0 Å². The van der Waals surface area contributed by atoms with Crippen molar-refractivity contribution in [1.29, 1.82) is 0 Å². The molecule has 0 aromatic heterocycles. The van der Waals surface area contributed by atoms with E-state index in [4.69, 9.17) is 27.9 Å². The number of hydrogen-bond acceptors (Lipinski definition) is 3. The molecule has 3 aromatic carbocycles. The topological polar surface area (TPSA) is 41.5 Å². The lowest BCUT2D eigenvalue weighted by atomic mass is 9.93. The van der Waals surface area contributed by atoms with Crippen LogP contribution in [0, 0.1) is 0 Å². The van der Waals surface area contributed by atoms with E-state index < -0.39 is 6.10 Å². The molecule has 0 heterocycles. The SMILES string of the molecule is CC(OC[C@H](O)CNC(C)(C)Cc1ccc2ccccc2c1)c1cc(Cl)ccc1Cl. The van der Waals surface area contributed by atoms with Crippen LogP contribution in [0.5, 0.6) is 0 Å². The van der Waals surface area contributed by atoms with E-state index in [1.807, 2.05) is 6.92 Å². The fraction of sp³-hybridized carbons (Fsp3) is 0.360. The maximum absolute atomic E-state index is 10.4. The number of halogens is 2. The third-order valence-electron chi connectivity index (χ3n) is 5.21. The van der Waals surface area contributed by atoms with Crippen LogP contribution < -0.4 is 5.32 Å². The van der Waals surface area contributed by atoms with Crippen LogP contribution in [-0.4, -0.2) is 29.9 Å². The molecule has 3 rings (SSSR count). The molecule has 0 aliphatic carbocycles. The van der Waals surface area contributed by atoms with Gasteiger partial charge in [-0.1, -0.05) is 65.7 Å². The quantitative estimate of drug-likeness (QED) is 0.412. The second-order valence-corrected chi connectivity index (χ2v) is 9.26. The lowest BCUT2D eigenvalue weighted by molar-refractivity contribution is -0.00413. The van der Waals surface area contributed by atoms with Gasteiger partial charge in [0.15, 0.2) is 0 Å². The molecule has 2 atom stereocenters. The summed E-state index contributed by atoms with van der Waals surface area (Å²) >= 11 is 12.3. The van der Waals surface area contributed by atoms with Crippen molar-refractivity contribution in [3.8, 4) is 0 Å². The molecule has 30 heavy (non-hydrogen) atoms. The number of hydrogen-bond donors (Lipinski definition) is 2. The van der Waals surface area contributed by atoms with Crippen molar-refractivity contribution in [2.24, 2.45) is 0 Å². The van der Waals surface area contributed by atoms with Gasteiger partial charge in [0, 0.05) is 27.7 Å². The second-order valence-electron chi connectivity index (χ2n) is 8.42. The Kier molecular flexibility index (Phi) is 7.78. The fourth-order valence-electron chi connectivity index (χ4n) is 3.55. The number of β-amino-alcohol motifs (C(OH)–C–C–N with tert-alkyl or cyclic N) is 1. The smallest absolute Gasteiger partial charge is 0.0898 e. The van der Waals surface area contributed by atoms with Crippen LogP contribution in [-0.2, 0) is 11.2 Å². The summed E-state index contributed by atoms with van der Waals surface area (Å²) in [6.45, 7) is 6.84. The minimum atomic E-state index is -0.624. The first kappa shape index (κ1) is 23.1. The van der Waals surface area contributed by atoms with Gasteiger partial charge in [0.1, 0.15) is 0 Å². The number of aliphatic hydroxyl groups excluding tert-OH is 1. The highest BCUT2D eigenvalue weighted by molar-refractivity contribution is 6.33. The van der Waals surface area contributed by atoms with Crippen LogP contribution in [0.25, 0.3) is 10.8 Å². The maximum Gasteiger partial charge on any atom is 0.0898 e. The summed E-state index contributed by atoms with van der Waals surface area (Å²) in [6.07, 6.45) is -0.0160. The van der Waals surface area contributed by atoms with E-state index in [2.05, 4.69) is 61.6 Å². The summed E-state index contributed by atoms with van der Waals surface area (Å²) in [6, 6.07) is 20.2. The van der Waals surface area contributed by atoms with E-state index in [0.29, 0.717) is 16.6 Å². The first-order chi connectivity index (χ1) is 14.2. The van der Waals surface area contributed by atoms with Gasteiger partial charge in [-0.3, -0.25) is 0 Å². The zero-order valence-corrected chi connectivity index (χ0v) is 19.2. The summed E-state index contributed by atoms with van der Waals surface area (Å²) in [5, 5.41) is 17.6. The monoisotopic (exact) mass is 445 g/mol. The van der Waals surface area contributed by atoms with E-state index in [1.165, 1.54) is 16.3 Å². The van der Waals surface area contributed by atoms with Gasteiger partial charge in [0.05, 0.1) is 18.8 Å². The van der Waals surface area contributed by atoms with Crippen molar-refractivity contribution in [2.75, 3.05) is 13.2 Å². The molecule has 0 spiro atoms. The molecule has 0 saturated heterocycles. The zero-order chi connectivity index (χ0) is 21.7. The van der Waals surface area contributed by atoms with E-state index in [9.17, 15) is 5.11 Å². The van der Waals surface area contributed by atoms with Gasteiger partial charge in [-0.15, -0.1) is 0 Å². The molecule has 0 fully saturated rings. The van der Waals surface area contributed by atoms with Gasteiger partial charge in [-0.05, 0) is 61.7 Å². The number of rotatable bonds is 9. The molecule has 1 unspecified atom stereocenters. The first-order valence-electron chi connectivity index (χ1n) is 10.2. The molecule has 160 valence electrons. The zero-order valence-electron chi connectivity index (χ0n) is 17.7. The summed E-state index contributed by atoms with van der Waals surface area (Å²) in [4.78, 5) is 0. The number of aliphatic hydroxyl groups is 1. The minimum Gasteiger partial charge on any atom is -0.389 e. The second kappa shape index (κ2) is 10.1. The highest BCUT2D eigenvalue weighted by Crippen LogP contribution is 2.28. The Morgan fingerprint density at radius 3 is 2.50 bits per heavy atom. The summed E-state index contributed by atoms with van der Waals surface area (Å²) in [7, 11) is 0. The van der Waals surface area contributed by atoms with Crippen LogP contribution in [0.1, 0.15) is 38.0 Å². The Labute approximate surface area is 189 Å². The molecular weight excluding hydrogens is 417 g/mol. The van der Waals surface area contributed by atoms with Gasteiger partial charge >= 0.3 is 0 Å². The molecule has 3 aromatic rings. The van der Waals surface area contributed by atoms with Crippen molar-refractivity contribution < 1.29 is 9.84 Å². The molecule has 0 bridgehead atoms. The Balaban J connectivity index is 1.50. The van der Waals surface area contributed by atoms with E-state index in [-0.39, 0.29) is 18.2 Å². The summed E-state index contributed by atoms with van der Waals surface area (Å²) < 4.78 is 5.82. The molecule has 0 saturated carbocycles. The fourth-order valence-corrected chi connectivity index (χ4v) is 4.00. The average molecular weight is 446 g/mol. The Bertz CT molecular complexity index is 990. The molecule has 2 N–H and O–H groups in total. The summed E-state index contributed by atoms with van der Waals surface area (Å²) in [5.41, 5.74) is 1.92. The van der Waals surface area contributed by atoms with E-state index in [0.717, 1.165) is 12.0 Å². The van der Waals surface area contributed by atoms with Crippen molar-refractivity contribution in [1.82, 2.24) is 5.32 Å². The largest absolute Gasteiger partial charge is 0.389 e. The van der Waals surface area contributed by atoms with Gasteiger partial charge in [0.2, 0.25) is 0 Å². The minimum absolute atomic E-state index is 0.161. The number of fused-ring (bicyclic) bond motifs is 1. The van der Waals surface area contributed by atoms with E-state index in [1.54, 1.807) is 18.2 Å². The molecule has 0 aliphatic heterocycles. The third-order valence-corrected chi connectivity index (χ3v) is 5.79. The summed E-state index contributed by atoms with van der Waals surface area (Å²) in [5.74, 6) is 0. The molecule has 0 radical (unpaired) electrons. The van der Waals surface area contributed by atoms with Crippen LogP contribution >= 0.6 is 23.2 Å². The molecule has 0 amide bonds. The Morgan fingerprint density at radius 2 is 1.73 bits per heavy atom. The first-order valence-corrected chi connectivity index (χ1v) is 11.0. The predicted molar refractivity (Wildman–Crippen MR) is 127 cm³/mol. The van der Waals surface area contributed by atoms with Crippen LogP contribution in [0.3, 0.4) is 0 Å². The van der Waals surface area contributed by atoms with Gasteiger partial charge < -0.3 is 15.2 Å². The third kappa shape index (κ3) is 6.44. The number of benzene rings is 3. The molecule has 5 heteroatoms. The van der Waals surface area contributed by atoms with Crippen molar-refractivity contribution >= 4 is 34.0 Å². The van der Waals surface area contributed by atoms with Crippen molar-refractivity contribution in [2.45, 2.75) is 44.9 Å². The van der Waals surface area contributed by atoms with Gasteiger partial charge in [0.25, 0.3) is 0 Å². The lowest BCUT2D eigenvalue weighted by Crippen LogP contribution is -2.46. The Morgan fingerprint density at radius 1 is 1.00 bits per heavy atom. The highest BCUT2D eigenvalue weighted by Gasteiger charge is 2.20. The van der Waals surface area contributed by atoms with Crippen molar-refractivity contribution in [3.63, 3.8) is 0 Å². The molecule has 3 nitrogen and oxygen atoms in total. The van der Waals surface area contributed by atoms with Crippen LogP contribution in [0.15, 0.2) is 60.7 Å². The number of nitrogens with one attached hydrogen (secondary N) is 1. The molecular formula is C25H29Cl2NO2. The van der Waals surface area contributed by atoms with Crippen molar-refractivity contribution in [3.05, 3.63) is 81.8 Å². The maximum atomic E-state index is 10.4. The highest BCUT2D eigenvalue weighted by atomic mass is 35.5. The average Bonchev–Trinajstić information content (AvgIpc) is 2.72. The standard InChI is InChI=1S/C25H29Cl2NO2/c1-17(23-13-21(26)10-11-24(23)27)30-16-22(29)15-28-25(2,3)14-18-8-9-19-6-4-5-7-20(19)12-18/h4-13,17,22,28-29H,14-16H2,1-3H3/t17?,22-/m1/s1. The van der Waals surface area contributed by atoms with Gasteiger partial charge in [-0.25, -0.2) is 0 Å². The lowest BCUT2D eigenvalue weighted by Gasteiger charge is -2.28. The van der Waals surface area contributed by atoms with Gasteiger partial charge in [-0.2, -0.15) is 0 Å². The Hall–Kier alpha value is -1.62. The number of ether oxygens (including phenoxy) is 1. The normalized spacial score (nSPS) is 14.1. The van der Waals surface area contributed by atoms with Crippen LogP contribution in [0.4, 0.5) is 0 Å².